The lowest BCUT2D eigenvalue weighted by Crippen LogP contribution is -2.22. The van der Waals surface area contributed by atoms with Crippen molar-refractivity contribution >= 4 is 38.7 Å². The Balaban J connectivity index is 4.39. The van der Waals surface area contributed by atoms with Crippen molar-refractivity contribution in [3.05, 3.63) is 11.6 Å². The van der Waals surface area contributed by atoms with Crippen LogP contribution in [0.25, 0.3) is 0 Å². The molecular formula is C8H10BrClO3. The maximum absolute atomic E-state index is 10.8. The summed E-state index contributed by atoms with van der Waals surface area (Å²) in [7, 11) is 0. The maximum atomic E-state index is 10.8. The van der Waals surface area contributed by atoms with Gasteiger partial charge in [-0.05, 0) is 31.9 Å². The van der Waals surface area contributed by atoms with Gasteiger partial charge in [0.1, 0.15) is 4.32 Å². The zero-order valence-corrected chi connectivity index (χ0v) is 9.65. The average Bonchev–Trinajstić information content (AvgIpc) is 1.99. The third kappa shape index (κ3) is 4.43. The zero-order chi connectivity index (χ0) is 10.6. The first kappa shape index (κ1) is 12.7. The van der Waals surface area contributed by atoms with Crippen molar-refractivity contribution in [2.45, 2.75) is 24.6 Å². The van der Waals surface area contributed by atoms with Gasteiger partial charge in [0, 0.05) is 5.57 Å². The first-order chi connectivity index (χ1) is 5.77. The molecule has 0 saturated carbocycles. The van der Waals surface area contributed by atoms with E-state index in [9.17, 15) is 9.59 Å². The van der Waals surface area contributed by atoms with E-state index in [-0.39, 0.29) is 12.0 Å². The Hall–Kier alpha value is -0.350. The molecule has 1 unspecified atom stereocenters. The van der Waals surface area contributed by atoms with E-state index in [1.165, 1.54) is 13.0 Å². The topological polar surface area (TPSA) is 54.4 Å². The summed E-state index contributed by atoms with van der Waals surface area (Å²) in [6.45, 7) is 3.05. The molecule has 0 rings (SSSR count). The highest BCUT2D eigenvalue weighted by atomic mass is 79.9. The van der Waals surface area contributed by atoms with Crippen molar-refractivity contribution in [3.63, 3.8) is 0 Å². The van der Waals surface area contributed by atoms with Crippen LogP contribution in [0.3, 0.4) is 0 Å². The highest BCUT2D eigenvalue weighted by Crippen LogP contribution is 2.25. The van der Waals surface area contributed by atoms with Crippen molar-refractivity contribution in [3.8, 4) is 0 Å². The van der Waals surface area contributed by atoms with Crippen molar-refractivity contribution in [2.75, 3.05) is 0 Å². The van der Waals surface area contributed by atoms with E-state index in [1.807, 2.05) is 0 Å². The predicted octanol–water partition coefficient (Wildman–Crippen LogP) is 2.33. The number of halogens is 2. The van der Waals surface area contributed by atoms with E-state index in [0.29, 0.717) is 0 Å². The smallest absolute Gasteiger partial charge is 0.330 e. The van der Waals surface area contributed by atoms with Gasteiger partial charge in [-0.2, -0.15) is 0 Å². The van der Waals surface area contributed by atoms with Crippen molar-refractivity contribution in [2.24, 2.45) is 0 Å². The molecule has 0 aliphatic carbocycles. The predicted molar refractivity (Wildman–Crippen MR) is 54.2 cm³/mol. The molecule has 0 saturated heterocycles. The van der Waals surface area contributed by atoms with Crippen molar-refractivity contribution in [1.82, 2.24) is 0 Å². The fourth-order valence-electron chi connectivity index (χ4n) is 0.512. The van der Waals surface area contributed by atoms with Gasteiger partial charge in [0.2, 0.25) is 5.24 Å². The van der Waals surface area contributed by atoms with Crippen LogP contribution in [-0.2, 0) is 9.59 Å². The van der Waals surface area contributed by atoms with Gasteiger partial charge < -0.3 is 5.11 Å². The molecule has 13 heavy (non-hydrogen) atoms. The Kier molecular flexibility index (Phi) is 4.64. The van der Waals surface area contributed by atoms with E-state index in [0.717, 1.165) is 0 Å². The second kappa shape index (κ2) is 4.77. The summed E-state index contributed by atoms with van der Waals surface area (Å²) in [5.74, 6) is -0.995. The minimum Gasteiger partial charge on any atom is -0.478 e. The molecule has 0 aliphatic rings. The zero-order valence-electron chi connectivity index (χ0n) is 7.30. The summed E-state index contributed by atoms with van der Waals surface area (Å²) in [5.41, 5.74) is 0.198. The molecule has 0 radical (unpaired) electrons. The third-order valence-electron chi connectivity index (χ3n) is 1.54. The fraction of sp³-hybridized carbons (Fsp3) is 0.500. The summed E-state index contributed by atoms with van der Waals surface area (Å²) in [6.07, 6.45) is 1.71. The van der Waals surface area contributed by atoms with Crippen LogP contribution in [0.2, 0.25) is 0 Å². The van der Waals surface area contributed by atoms with E-state index in [4.69, 9.17) is 16.7 Å². The molecule has 3 nitrogen and oxygen atoms in total. The van der Waals surface area contributed by atoms with Gasteiger partial charge in [0.15, 0.2) is 0 Å². The number of allylic oxidation sites excluding steroid dienone is 1. The molecule has 0 amide bonds. The van der Waals surface area contributed by atoms with Gasteiger partial charge in [-0.25, -0.2) is 4.79 Å². The average molecular weight is 270 g/mol. The van der Waals surface area contributed by atoms with E-state index in [1.54, 1.807) is 6.92 Å². The van der Waals surface area contributed by atoms with E-state index >= 15 is 0 Å². The van der Waals surface area contributed by atoms with Crippen LogP contribution in [0.5, 0.6) is 0 Å². The summed E-state index contributed by atoms with van der Waals surface area (Å²) >= 11 is 8.37. The summed E-state index contributed by atoms with van der Waals surface area (Å²) in [6, 6.07) is 0. The molecule has 0 aromatic rings. The fourth-order valence-corrected chi connectivity index (χ4v) is 0.751. The van der Waals surface area contributed by atoms with Crippen LogP contribution < -0.4 is 0 Å². The number of carboxylic acids is 1. The highest BCUT2D eigenvalue weighted by molar-refractivity contribution is 9.10. The molecule has 5 heteroatoms. The standard InChI is InChI=1S/C8H10BrClO3/c1-5(6(11)12)3-4-8(2,9)7(10)13/h3H,4H2,1-2H3,(H,11,12). The second-order valence-electron chi connectivity index (χ2n) is 2.87. The lowest BCUT2D eigenvalue weighted by molar-refractivity contribution is -0.132. The largest absolute Gasteiger partial charge is 0.478 e. The quantitative estimate of drug-likeness (QED) is 0.484. The Bertz CT molecular complexity index is 258. The maximum Gasteiger partial charge on any atom is 0.330 e. The lowest BCUT2D eigenvalue weighted by atomic mass is 10.1. The number of carboxylic acid groups (broad SMARTS) is 1. The van der Waals surface area contributed by atoms with Crippen LogP contribution in [0, 0.1) is 0 Å². The monoisotopic (exact) mass is 268 g/mol. The van der Waals surface area contributed by atoms with Gasteiger partial charge in [-0.15, -0.1) is 0 Å². The minimum absolute atomic E-state index is 0.198. The molecule has 0 aromatic heterocycles. The van der Waals surface area contributed by atoms with Gasteiger partial charge in [0.25, 0.3) is 0 Å². The van der Waals surface area contributed by atoms with Crippen LogP contribution in [-0.4, -0.2) is 20.6 Å². The van der Waals surface area contributed by atoms with Crippen molar-refractivity contribution < 1.29 is 14.7 Å². The molecule has 0 fully saturated rings. The number of alkyl halides is 1. The molecule has 0 bridgehead atoms. The number of carbonyl (C=O) groups excluding carboxylic acids is 1. The minimum atomic E-state index is -0.995. The SMILES string of the molecule is CC(=CCC(C)(Br)C(=O)Cl)C(=O)O. The van der Waals surface area contributed by atoms with Crippen LogP contribution >= 0.6 is 27.5 Å². The Labute approximate surface area is 89.9 Å². The summed E-state index contributed by atoms with van der Waals surface area (Å²) in [5, 5.41) is 7.98. The molecule has 0 spiro atoms. The van der Waals surface area contributed by atoms with E-state index < -0.39 is 15.5 Å². The van der Waals surface area contributed by atoms with Gasteiger partial charge in [-0.1, -0.05) is 22.0 Å². The molecule has 0 aliphatic heterocycles. The van der Waals surface area contributed by atoms with E-state index in [2.05, 4.69) is 15.9 Å². The van der Waals surface area contributed by atoms with Gasteiger partial charge in [0.05, 0.1) is 0 Å². The molecule has 1 atom stereocenters. The lowest BCUT2D eigenvalue weighted by Gasteiger charge is -2.14. The van der Waals surface area contributed by atoms with Gasteiger partial charge in [-0.3, -0.25) is 4.79 Å². The third-order valence-corrected chi connectivity index (χ3v) is 2.87. The highest BCUT2D eigenvalue weighted by Gasteiger charge is 2.26. The summed E-state index contributed by atoms with van der Waals surface area (Å²) in [4.78, 5) is 21.2. The Morgan fingerprint density at radius 1 is 1.62 bits per heavy atom. The second-order valence-corrected chi connectivity index (χ2v) is 4.96. The molecular weight excluding hydrogens is 259 g/mol. The number of aliphatic carboxylic acids is 1. The molecule has 0 heterocycles. The number of hydrogen-bond donors (Lipinski definition) is 1. The number of rotatable bonds is 4. The Morgan fingerprint density at radius 2 is 2.08 bits per heavy atom. The first-order valence-electron chi connectivity index (χ1n) is 3.56. The molecule has 74 valence electrons. The van der Waals surface area contributed by atoms with Crippen LogP contribution in [0.15, 0.2) is 11.6 Å². The van der Waals surface area contributed by atoms with Crippen molar-refractivity contribution in [1.29, 1.82) is 0 Å². The first-order valence-corrected chi connectivity index (χ1v) is 4.73. The van der Waals surface area contributed by atoms with Crippen LogP contribution in [0.4, 0.5) is 0 Å². The normalized spacial score (nSPS) is 16.5. The Morgan fingerprint density at radius 3 is 2.38 bits per heavy atom. The molecule has 0 aromatic carbocycles. The van der Waals surface area contributed by atoms with Crippen LogP contribution in [0.1, 0.15) is 20.3 Å². The number of carbonyl (C=O) groups is 2. The molecule has 1 N–H and O–H groups in total. The van der Waals surface area contributed by atoms with Gasteiger partial charge >= 0.3 is 5.97 Å². The number of hydrogen-bond acceptors (Lipinski definition) is 2. The summed E-state index contributed by atoms with van der Waals surface area (Å²) < 4.78 is -0.884.